The fourth-order valence-electron chi connectivity index (χ4n) is 2.00. The lowest BCUT2D eigenvalue weighted by molar-refractivity contribution is 0.0984. The van der Waals surface area contributed by atoms with Gasteiger partial charge in [0, 0.05) is 13.2 Å². The molecule has 18 heavy (non-hydrogen) atoms. The number of phenols is 1. The summed E-state index contributed by atoms with van der Waals surface area (Å²) in [6.07, 6.45) is 0.976. The van der Waals surface area contributed by atoms with Gasteiger partial charge in [-0.3, -0.25) is 4.72 Å². The number of hydrogen-bond donors (Lipinski definition) is 2. The van der Waals surface area contributed by atoms with Gasteiger partial charge in [-0.05, 0) is 31.4 Å². The van der Waals surface area contributed by atoms with Gasteiger partial charge in [0.15, 0.2) is 0 Å². The molecule has 6 heteroatoms. The zero-order chi connectivity index (χ0) is 13.2. The summed E-state index contributed by atoms with van der Waals surface area (Å²) in [6.45, 7) is 2.68. The monoisotopic (exact) mass is 271 g/mol. The first kappa shape index (κ1) is 13.2. The Hall–Kier alpha value is -1.27. The number of ether oxygens (including phenoxy) is 1. The van der Waals surface area contributed by atoms with Crippen LogP contribution in [-0.2, 0) is 14.8 Å². The first-order chi connectivity index (χ1) is 8.50. The molecule has 0 radical (unpaired) electrons. The molecule has 100 valence electrons. The van der Waals surface area contributed by atoms with Gasteiger partial charge in [0.1, 0.15) is 5.75 Å². The third kappa shape index (κ3) is 2.76. The Bertz CT molecular complexity index is 501. The number of aryl methyl sites for hydroxylation is 1. The number of nitrogens with one attached hydrogen (secondary N) is 1. The highest BCUT2D eigenvalue weighted by atomic mass is 32.2. The van der Waals surface area contributed by atoms with Crippen molar-refractivity contribution in [3.63, 3.8) is 0 Å². The van der Waals surface area contributed by atoms with Crippen LogP contribution in [0.4, 0.5) is 5.69 Å². The molecule has 1 fully saturated rings. The van der Waals surface area contributed by atoms with Gasteiger partial charge < -0.3 is 9.84 Å². The van der Waals surface area contributed by atoms with Gasteiger partial charge in [0.2, 0.25) is 10.0 Å². The Kier molecular flexibility index (Phi) is 3.77. The van der Waals surface area contributed by atoms with Gasteiger partial charge in [0.05, 0.1) is 10.9 Å². The van der Waals surface area contributed by atoms with Crippen molar-refractivity contribution in [3.05, 3.63) is 23.8 Å². The number of hydrogen-bond acceptors (Lipinski definition) is 4. The minimum Gasteiger partial charge on any atom is -0.506 e. The predicted octanol–water partition coefficient (Wildman–Crippen LogP) is 1.62. The van der Waals surface area contributed by atoms with E-state index in [1.807, 2.05) is 0 Å². The van der Waals surface area contributed by atoms with Crippen LogP contribution in [0.3, 0.4) is 0 Å². The van der Waals surface area contributed by atoms with E-state index in [0.29, 0.717) is 31.6 Å². The van der Waals surface area contributed by atoms with E-state index in [1.54, 1.807) is 19.1 Å². The molecular formula is C12H17NO4S. The molecule has 0 aliphatic carbocycles. The maximum atomic E-state index is 12.2. The highest BCUT2D eigenvalue weighted by Gasteiger charge is 2.28. The second kappa shape index (κ2) is 5.16. The zero-order valence-electron chi connectivity index (χ0n) is 10.2. The Morgan fingerprint density at radius 2 is 2.00 bits per heavy atom. The largest absolute Gasteiger partial charge is 0.506 e. The molecule has 1 aliphatic heterocycles. The average Bonchev–Trinajstić information content (AvgIpc) is 2.35. The molecule has 0 saturated carbocycles. The van der Waals surface area contributed by atoms with Crippen LogP contribution in [0.25, 0.3) is 0 Å². The van der Waals surface area contributed by atoms with Gasteiger partial charge in [-0.25, -0.2) is 8.42 Å². The number of benzene rings is 1. The SMILES string of the molecule is Cc1cccc(O)c1NS(=O)(=O)C1CCOCC1. The third-order valence-electron chi connectivity index (χ3n) is 3.10. The van der Waals surface area contributed by atoms with E-state index in [2.05, 4.69) is 4.72 Å². The van der Waals surface area contributed by atoms with E-state index in [1.165, 1.54) is 6.07 Å². The lowest BCUT2D eigenvalue weighted by Gasteiger charge is -2.23. The molecule has 1 saturated heterocycles. The molecule has 0 atom stereocenters. The van der Waals surface area contributed by atoms with Gasteiger partial charge in [-0.1, -0.05) is 12.1 Å². The molecule has 1 aromatic carbocycles. The molecule has 0 bridgehead atoms. The quantitative estimate of drug-likeness (QED) is 0.819. The molecule has 1 heterocycles. The second-order valence-corrected chi connectivity index (χ2v) is 6.39. The van der Waals surface area contributed by atoms with Crippen LogP contribution < -0.4 is 4.72 Å². The Labute approximate surface area is 107 Å². The van der Waals surface area contributed by atoms with Crippen LogP contribution in [0.15, 0.2) is 18.2 Å². The van der Waals surface area contributed by atoms with Crippen molar-refractivity contribution < 1.29 is 18.3 Å². The molecule has 0 aromatic heterocycles. The summed E-state index contributed by atoms with van der Waals surface area (Å²) in [6, 6.07) is 4.90. The molecule has 2 rings (SSSR count). The van der Waals surface area contributed by atoms with E-state index in [4.69, 9.17) is 4.74 Å². The Balaban J connectivity index is 2.22. The van der Waals surface area contributed by atoms with Crippen molar-refractivity contribution in [3.8, 4) is 5.75 Å². The number of sulfonamides is 1. The topological polar surface area (TPSA) is 75.6 Å². The summed E-state index contributed by atoms with van der Waals surface area (Å²) in [5.41, 5.74) is 0.967. The highest BCUT2D eigenvalue weighted by Crippen LogP contribution is 2.29. The van der Waals surface area contributed by atoms with E-state index in [-0.39, 0.29) is 11.4 Å². The normalized spacial score (nSPS) is 17.6. The number of rotatable bonds is 3. The second-order valence-electron chi connectivity index (χ2n) is 4.43. The molecule has 1 aromatic rings. The summed E-state index contributed by atoms with van der Waals surface area (Å²) < 4.78 is 32.0. The molecule has 5 nitrogen and oxygen atoms in total. The van der Waals surface area contributed by atoms with Gasteiger partial charge in [-0.2, -0.15) is 0 Å². The minimum absolute atomic E-state index is 0.0503. The number of phenolic OH excluding ortho intramolecular Hbond substituents is 1. The first-order valence-corrected chi connectivity index (χ1v) is 7.43. The van der Waals surface area contributed by atoms with Crippen molar-refractivity contribution >= 4 is 15.7 Å². The molecule has 0 amide bonds. The lowest BCUT2D eigenvalue weighted by Crippen LogP contribution is -2.33. The van der Waals surface area contributed by atoms with Gasteiger partial charge >= 0.3 is 0 Å². The first-order valence-electron chi connectivity index (χ1n) is 5.88. The molecule has 0 spiro atoms. The molecule has 0 unspecified atom stereocenters. The van der Waals surface area contributed by atoms with E-state index in [9.17, 15) is 13.5 Å². The predicted molar refractivity (Wildman–Crippen MR) is 69.2 cm³/mol. The third-order valence-corrected chi connectivity index (χ3v) is 4.94. The smallest absolute Gasteiger partial charge is 0.235 e. The fourth-order valence-corrected chi connectivity index (χ4v) is 3.53. The van der Waals surface area contributed by atoms with Crippen LogP contribution in [0.5, 0.6) is 5.75 Å². The Morgan fingerprint density at radius 3 is 2.61 bits per heavy atom. The number of aromatic hydroxyl groups is 1. The maximum Gasteiger partial charge on any atom is 0.235 e. The van der Waals surface area contributed by atoms with Crippen molar-refractivity contribution in [1.82, 2.24) is 0 Å². The number of anilines is 1. The molecule has 1 aliphatic rings. The van der Waals surface area contributed by atoms with Crippen molar-refractivity contribution in [2.24, 2.45) is 0 Å². The summed E-state index contributed by atoms with van der Waals surface area (Å²) in [4.78, 5) is 0. The molecular weight excluding hydrogens is 254 g/mol. The van der Waals surface area contributed by atoms with Crippen LogP contribution in [0.1, 0.15) is 18.4 Å². The number of para-hydroxylation sites is 1. The van der Waals surface area contributed by atoms with E-state index < -0.39 is 15.3 Å². The average molecular weight is 271 g/mol. The Morgan fingerprint density at radius 1 is 1.33 bits per heavy atom. The van der Waals surface area contributed by atoms with Crippen LogP contribution >= 0.6 is 0 Å². The van der Waals surface area contributed by atoms with E-state index in [0.717, 1.165) is 0 Å². The fraction of sp³-hybridized carbons (Fsp3) is 0.500. The maximum absolute atomic E-state index is 12.2. The van der Waals surface area contributed by atoms with Crippen molar-refractivity contribution in [2.45, 2.75) is 25.0 Å². The molecule has 2 N–H and O–H groups in total. The lowest BCUT2D eigenvalue weighted by atomic mass is 10.2. The van der Waals surface area contributed by atoms with Crippen LogP contribution in [0.2, 0.25) is 0 Å². The van der Waals surface area contributed by atoms with Crippen LogP contribution in [-0.4, -0.2) is 32.0 Å². The highest BCUT2D eigenvalue weighted by molar-refractivity contribution is 7.93. The van der Waals surface area contributed by atoms with E-state index >= 15 is 0 Å². The zero-order valence-corrected chi connectivity index (χ0v) is 11.0. The van der Waals surface area contributed by atoms with Crippen molar-refractivity contribution in [2.75, 3.05) is 17.9 Å². The summed E-state index contributed by atoms with van der Waals surface area (Å²) >= 11 is 0. The van der Waals surface area contributed by atoms with Crippen LogP contribution in [0, 0.1) is 6.92 Å². The summed E-state index contributed by atoms with van der Waals surface area (Å²) in [5, 5.41) is 9.25. The standard InChI is InChI=1S/C12H17NO4S/c1-9-3-2-4-11(14)12(9)13-18(15,16)10-5-7-17-8-6-10/h2-4,10,13-14H,5-8H2,1H3. The van der Waals surface area contributed by atoms with Gasteiger partial charge in [-0.15, -0.1) is 0 Å². The summed E-state index contributed by atoms with van der Waals surface area (Å²) in [5.74, 6) is -0.0503. The van der Waals surface area contributed by atoms with Gasteiger partial charge in [0.25, 0.3) is 0 Å². The van der Waals surface area contributed by atoms with Crippen molar-refractivity contribution in [1.29, 1.82) is 0 Å². The minimum atomic E-state index is -3.47. The summed E-state index contributed by atoms with van der Waals surface area (Å²) in [7, 11) is -3.47.